The average Bonchev–Trinajstić information content (AvgIpc) is 2.36. The lowest BCUT2D eigenvalue weighted by atomic mass is 10.0. The van der Waals surface area contributed by atoms with E-state index in [4.69, 9.17) is 0 Å². The van der Waals surface area contributed by atoms with Crippen molar-refractivity contribution in [3.05, 3.63) is 66.3 Å². The first kappa shape index (κ1) is 13.5. The van der Waals surface area contributed by atoms with Gasteiger partial charge in [-0.15, -0.1) is 0 Å². The van der Waals surface area contributed by atoms with Crippen molar-refractivity contribution in [1.29, 1.82) is 0 Å². The van der Waals surface area contributed by atoms with Crippen molar-refractivity contribution in [3.63, 3.8) is 0 Å². The quantitative estimate of drug-likeness (QED) is 0.602. The highest BCUT2D eigenvalue weighted by atomic mass is 14.0. The molecule has 0 spiro atoms. The van der Waals surface area contributed by atoms with Gasteiger partial charge in [-0.3, -0.25) is 0 Å². The molecule has 1 unspecified atom stereocenters. The Morgan fingerprint density at radius 1 is 1.29 bits per heavy atom. The SMILES string of the molecule is C=C/C(=C\C(C)=C/C(C)CC)c1ccccc1. The Balaban J connectivity index is 2.95. The van der Waals surface area contributed by atoms with Gasteiger partial charge in [-0.2, -0.15) is 0 Å². The lowest BCUT2D eigenvalue weighted by molar-refractivity contribution is 0.694. The van der Waals surface area contributed by atoms with E-state index in [9.17, 15) is 0 Å². The van der Waals surface area contributed by atoms with Gasteiger partial charge in [-0.05, 0) is 24.0 Å². The first-order chi connectivity index (χ1) is 8.17. The van der Waals surface area contributed by atoms with E-state index in [0.717, 1.165) is 0 Å². The number of rotatable bonds is 5. The molecular weight excluding hydrogens is 204 g/mol. The summed E-state index contributed by atoms with van der Waals surface area (Å²) in [7, 11) is 0. The molecule has 0 aliphatic heterocycles. The standard InChI is InChI=1S/C17H22/c1-5-14(3)12-15(4)13-16(6-2)17-10-8-7-9-11-17/h6-14H,2,5H2,1,3-4H3/b15-12-,16-13+. The molecule has 0 nitrogen and oxygen atoms in total. The molecule has 0 amide bonds. The van der Waals surface area contributed by atoms with Gasteiger partial charge in [0.25, 0.3) is 0 Å². The van der Waals surface area contributed by atoms with Crippen LogP contribution in [0, 0.1) is 5.92 Å². The zero-order valence-corrected chi connectivity index (χ0v) is 11.1. The highest BCUT2D eigenvalue weighted by Crippen LogP contribution is 2.18. The minimum absolute atomic E-state index is 0.632. The van der Waals surface area contributed by atoms with Crippen molar-refractivity contribution in [2.75, 3.05) is 0 Å². The molecule has 1 aromatic carbocycles. The lowest BCUT2D eigenvalue weighted by Crippen LogP contribution is -1.87. The van der Waals surface area contributed by atoms with Crippen LogP contribution in [0.3, 0.4) is 0 Å². The predicted molar refractivity (Wildman–Crippen MR) is 77.8 cm³/mol. The first-order valence-corrected chi connectivity index (χ1v) is 6.25. The van der Waals surface area contributed by atoms with Crippen LogP contribution in [0.25, 0.3) is 5.57 Å². The fourth-order valence-electron chi connectivity index (χ4n) is 1.75. The molecule has 0 bridgehead atoms. The van der Waals surface area contributed by atoms with Crippen LogP contribution in [-0.2, 0) is 0 Å². The van der Waals surface area contributed by atoms with Crippen molar-refractivity contribution in [1.82, 2.24) is 0 Å². The smallest absolute Gasteiger partial charge is 0.0184 e. The van der Waals surface area contributed by atoms with Crippen LogP contribution in [-0.4, -0.2) is 0 Å². The summed E-state index contributed by atoms with van der Waals surface area (Å²) in [5.74, 6) is 0.632. The Kier molecular flexibility index (Phi) is 5.48. The van der Waals surface area contributed by atoms with Crippen molar-refractivity contribution in [3.8, 4) is 0 Å². The van der Waals surface area contributed by atoms with Crippen molar-refractivity contribution < 1.29 is 0 Å². The van der Waals surface area contributed by atoms with Crippen molar-refractivity contribution >= 4 is 5.57 Å². The molecule has 90 valence electrons. The summed E-state index contributed by atoms with van der Waals surface area (Å²) < 4.78 is 0. The van der Waals surface area contributed by atoms with E-state index < -0.39 is 0 Å². The molecule has 0 N–H and O–H groups in total. The predicted octanol–water partition coefficient (Wildman–Crippen LogP) is 5.25. The van der Waals surface area contributed by atoms with Crippen molar-refractivity contribution in [2.45, 2.75) is 27.2 Å². The zero-order chi connectivity index (χ0) is 12.7. The Hall–Kier alpha value is -1.56. The molecule has 1 rings (SSSR count). The molecule has 0 aromatic heterocycles. The Labute approximate surface area is 105 Å². The number of hydrogen-bond acceptors (Lipinski definition) is 0. The summed E-state index contributed by atoms with van der Waals surface area (Å²) in [5.41, 5.74) is 3.71. The minimum Gasteiger partial charge on any atom is -0.0984 e. The number of hydrogen-bond donors (Lipinski definition) is 0. The normalized spacial score (nSPS) is 14.5. The molecule has 0 fully saturated rings. The molecule has 1 atom stereocenters. The van der Waals surface area contributed by atoms with Crippen LogP contribution in [0.2, 0.25) is 0 Å². The molecule has 0 heterocycles. The van der Waals surface area contributed by atoms with E-state index in [1.807, 2.05) is 12.1 Å². The molecule has 0 saturated heterocycles. The number of benzene rings is 1. The van der Waals surface area contributed by atoms with Gasteiger partial charge in [0, 0.05) is 0 Å². The molecule has 0 radical (unpaired) electrons. The largest absolute Gasteiger partial charge is 0.0984 e. The maximum absolute atomic E-state index is 3.89. The molecule has 0 aliphatic carbocycles. The van der Waals surface area contributed by atoms with E-state index in [0.29, 0.717) is 5.92 Å². The third-order valence-electron chi connectivity index (χ3n) is 2.90. The van der Waals surface area contributed by atoms with E-state index in [2.05, 4.69) is 63.8 Å². The molecular formula is C17H22. The van der Waals surface area contributed by atoms with E-state index in [-0.39, 0.29) is 0 Å². The van der Waals surface area contributed by atoms with E-state index in [1.165, 1.54) is 23.1 Å². The topological polar surface area (TPSA) is 0 Å². The van der Waals surface area contributed by atoms with Crippen LogP contribution in [0.15, 0.2) is 60.7 Å². The monoisotopic (exact) mass is 226 g/mol. The van der Waals surface area contributed by atoms with Gasteiger partial charge in [-0.1, -0.05) is 81.0 Å². The van der Waals surface area contributed by atoms with Crippen LogP contribution < -0.4 is 0 Å². The molecule has 1 aromatic rings. The summed E-state index contributed by atoms with van der Waals surface area (Å²) in [4.78, 5) is 0. The summed E-state index contributed by atoms with van der Waals surface area (Å²) in [5, 5.41) is 0. The van der Waals surface area contributed by atoms with Crippen LogP contribution in [0.4, 0.5) is 0 Å². The molecule has 17 heavy (non-hydrogen) atoms. The van der Waals surface area contributed by atoms with E-state index in [1.54, 1.807) is 0 Å². The Bertz CT molecular complexity index is 407. The van der Waals surface area contributed by atoms with Crippen LogP contribution in [0.5, 0.6) is 0 Å². The number of allylic oxidation sites excluding steroid dienone is 5. The van der Waals surface area contributed by atoms with Gasteiger partial charge in [0.2, 0.25) is 0 Å². The first-order valence-electron chi connectivity index (χ1n) is 6.25. The van der Waals surface area contributed by atoms with Gasteiger partial charge >= 0.3 is 0 Å². The summed E-state index contributed by atoms with van der Waals surface area (Å²) in [6.45, 7) is 10.5. The van der Waals surface area contributed by atoms with Crippen molar-refractivity contribution in [2.24, 2.45) is 5.92 Å². The third kappa shape index (κ3) is 4.44. The lowest BCUT2D eigenvalue weighted by Gasteiger charge is -2.05. The highest BCUT2D eigenvalue weighted by molar-refractivity contribution is 5.75. The second-order valence-electron chi connectivity index (χ2n) is 4.47. The van der Waals surface area contributed by atoms with Gasteiger partial charge in [-0.25, -0.2) is 0 Å². The third-order valence-corrected chi connectivity index (χ3v) is 2.90. The Morgan fingerprint density at radius 3 is 2.47 bits per heavy atom. The highest BCUT2D eigenvalue weighted by Gasteiger charge is 1.98. The van der Waals surface area contributed by atoms with E-state index >= 15 is 0 Å². The van der Waals surface area contributed by atoms with Gasteiger partial charge in [0.15, 0.2) is 0 Å². The maximum atomic E-state index is 3.89. The average molecular weight is 226 g/mol. The summed E-state index contributed by atoms with van der Waals surface area (Å²) in [6, 6.07) is 10.4. The van der Waals surface area contributed by atoms with Crippen LogP contribution in [0.1, 0.15) is 32.8 Å². The molecule has 0 aliphatic rings. The van der Waals surface area contributed by atoms with Gasteiger partial charge < -0.3 is 0 Å². The second kappa shape index (κ2) is 6.90. The molecule has 0 saturated carbocycles. The maximum Gasteiger partial charge on any atom is -0.0184 e. The van der Waals surface area contributed by atoms with Crippen LogP contribution >= 0.6 is 0 Å². The minimum atomic E-state index is 0.632. The fourth-order valence-corrected chi connectivity index (χ4v) is 1.75. The summed E-state index contributed by atoms with van der Waals surface area (Å²) >= 11 is 0. The summed E-state index contributed by atoms with van der Waals surface area (Å²) in [6.07, 6.45) is 7.62. The van der Waals surface area contributed by atoms with Gasteiger partial charge in [0.05, 0.1) is 0 Å². The molecule has 0 heteroatoms. The Morgan fingerprint density at radius 2 is 1.94 bits per heavy atom. The zero-order valence-electron chi connectivity index (χ0n) is 11.1. The van der Waals surface area contributed by atoms with Gasteiger partial charge in [0.1, 0.15) is 0 Å². The fraction of sp³-hybridized carbons (Fsp3) is 0.294. The second-order valence-corrected chi connectivity index (χ2v) is 4.47.